The molecule has 0 saturated carbocycles. The highest BCUT2D eigenvalue weighted by Gasteiger charge is 2.04. The predicted molar refractivity (Wildman–Crippen MR) is 44.9 cm³/mol. The first-order chi connectivity index (χ1) is 4.34. The summed E-state index contributed by atoms with van der Waals surface area (Å²) in [6.45, 7) is -0.116. The van der Waals surface area contributed by atoms with Crippen molar-refractivity contribution in [2.24, 2.45) is 5.73 Å². The molecule has 11 heavy (non-hydrogen) atoms. The van der Waals surface area contributed by atoms with E-state index in [9.17, 15) is 0 Å². The number of hydrogen-bond acceptors (Lipinski definition) is 4. The van der Waals surface area contributed by atoms with Gasteiger partial charge in [-0.15, -0.1) is 24.8 Å². The zero-order chi connectivity index (χ0) is 6.69. The number of aliphatic hydroxyl groups excluding tert-OH is 1. The maximum absolute atomic E-state index is 8.49. The minimum atomic E-state index is -0.438. The Bertz CT molecular complexity index is 169. The number of aromatic amines is 1. The molecule has 0 aliphatic carbocycles. The summed E-state index contributed by atoms with van der Waals surface area (Å²) in [5, 5.41) is 14.6. The lowest BCUT2D eigenvalue weighted by molar-refractivity contribution is 0.263. The highest BCUT2D eigenvalue weighted by molar-refractivity contribution is 5.85. The van der Waals surface area contributed by atoms with Crippen molar-refractivity contribution in [2.45, 2.75) is 6.04 Å². The SMILES string of the molecule is Cl.Cl.N[C@H](CO)c1ncn[nH]1. The lowest BCUT2D eigenvalue weighted by Crippen LogP contribution is -2.15. The van der Waals surface area contributed by atoms with Crippen molar-refractivity contribution in [1.29, 1.82) is 0 Å². The summed E-state index contributed by atoms with van der Waals surface area (Å²) in [5.74, 6) is 0.512. The van der Waals surface area contributed by atoms with Gasteiger partial charge >= 0.3 is 0 Å². The summed E-state index contributed by atoms with van der Waals surface area (Å²) in [7, 11) is 0. The number of halogens is 2. The Morgan fingerprint density at radius 3 is 2.64 bits per heavy atom. The molecule has 0 fully saturated rings. The van der Waals surface area contributed by atoms with Crippen LogP contribution in [0.3, 0.4) is 0 Å². The number of aromatic nitrogens is 3. The van der Waals surface area contributed by atoms with Gasteiger partial charge in [0, 0.05) is 0 Å². The summed E-state index contributed by atoms with van der Waals surface area (Å²) in [6.07, 6.45) is 1.35. The fourth-order valence-corrected chi connectivity index (χ4v) is 0.480. The van der Waals surface area contributed by atoms with Crippen molar-refractivity contribution < 1.29 is 5.11 Å². The van der Waals surface area contributed by atoms with Crippen LogP contribution in [-0.2, 0) is 0 Å². The van der Waals surface area contributed by atoms with Crippen LogP contribution in [-0.4, -0.2) is 26.9 Å². The van der Waals surface area contributed by atoms with Gasteiger partial charge in [-0.1, -0.05) is 0 Å². The van der Waals surface area contributed by atoms with Crippen LogP contribution < -0.4 is 5.73 Å². The molecular formula is C4H10Cl2N4O. The number of nitrogens with two attached hydrogens (primary N) is 1. The molecular weight excluding hydrogens is 191 g/mol. The number of nitrogens with one attached hydrogen (secondary N) is 1. The van der Waals surface area contributed by atoms with Crippen LogP contribution in [0.2, 0.25) is 0 Å². The summed E-state index contributed by atoms with van der Waals surface area (Å²) in [4.78, 5) is 3.74. The van der Waals surface area contributed by atoms with E-state index in [2.05, 4.69) is 15.2 Å². The quantitative estimate of drug-likeness (QED) is 0.609. The molecule has 0 radical (unpaired) electrons. The zero-order valence-corrected chi connectivity index (χ0v) is 7.23. The van der Waals surface area contributed by atoms with Crippen LogP contribution in [0, 0.1) is 0 Å². The van der Waals surface area contributed by atoms with Crippen molar-refractivity contribution >= 4 is 24.8 Å². The van der Waals surface area contributed by atoms with Gasteiger partial charge in [0.25, 0.3) is 0 Å². The second-order valence-corrected chi connectivity index (χ2v) is 1.66. The van der Waals surface area contributed by atoms with Crippen LogP contribution in [0.25, 0.3) is 0 Å². The van der Waals surface area contributed by atoms with Crippen molar-refractivity contribution in [2.75, 3.05) is 6.61 Å². The van der Waals surface area contributed by atoms with E-state index in [4.69, 9.17) is 10.8 Å². The third kappa shape index (κ3) is 3.52. The minimum Gasteiger partial charge on any atom is -0.394 e. The molecule has 0 bridgehead atoms. The maximum Gasteiger partial charge on any atom is 0.143 e. The number of H-pyrrole nitrogens is 1. The van der Waals surface area contributed by atoms with Gasteiger partial charge in [0.15, 0.2) is 0 Å². The van der Waals surface area contributed by atoms with Crippen LogP contribution in [0.15, 0.2) is 6.33 Å². The Labute approximate surface area is 76.2 Å². The molecule has 1 aromatic rings. The molecule has 0 saturated heterocycles. The summed E-state index contributed by atoms with van der Waals surface area (Å²) >= 11 is 0. The smallest absolute Gasteiger partial charge is 0.143 e. The molecule has 0 amide bonds. The highest BCUT2D eigenvalue weighted by atomic mass is 35.5. The monoisotopic (exact) mass is 200 g/mol. The van der Waals surface area contributed by atoms with Gasteiger partial charge in [-0.2, -0.15) is 5.10 Å². The zero-order valence-electron chi connectivity index (χ0n) is 5.60. The van der Waals surface area contributed by atoms with E-state index in [1.54, 1.807) is 0 Å². The Balaban J connectivity index is 0. The molecule has 66 valence electrons. The normalized spacial score (nSPS) is 11.1. The van der Waals surface area contributed by atoms with Gasteiger partial charge in [-0.3, -0.25) is 5.10 Å². The van der Waals surface area contributed by atoms with E-state index in [1.807, 2.05) is 0 Å². The second kappa shape index (κ2) is 6.36. The number of aliphatic hydroxyl groups is 1. The van der Waals surface area contributed by atoms with E-state index in [0.717, 1.165) is 0 Å². The first-order valence-corrected chi connectivity index (χ1v) is 2.56. The molecule has 0 aliphatic heterocycles. The standard InChI is InChI=1S/C4H8N4O.2ClH/c5-3(1-9)4-6-2-7-8-4;;/h2-3,9H,1,5H2,(H,6,7,8);2*1H/t3-;;/m1../s1. The number of hydrogen-bond donors (Lipinski definition) is 3. The van der Waals surface area contributed by atoms with Crippen molar-refractivity contribution in [3.8, 4) is 0 Å². The largest absolute Gasteiger partial charge is 0.394 e. The highest BCUT2D eigenvalue weighted by Crippen LogP contribution is 1.97. The number of nitrogens with zero attached hydrogens (tertiary/aromatic N) is 2. The number of rotatable bonds is 2. The molecule has 1 aromatic heterocycles. The third-order valence-corrected chi connectivity index (χ3v) is 0.982. The van der Waals surface area contributed by atoms with E-state index in [0.29, 0.717) is 5.82 Å². The first kappa shape index (κ1) is 13.2. The Morgan fingerprint density at radius 2 is 2.27 bits per heavy atom. The first-order valence-electron chi connectivity index (χ1n) is 2.56. The average Bonchev–Trinajstić information content (AvgIpc) is 2.37. The van der Waals surface area contributed by atoms with Crippen molar-refractivity contribution in [3.05, 3.63) is 12.2 Å². The molecule has 1 heterocycles. The van der Waals surface area contributed by atoms with Gasteiger partial charge in [0.1, 0.15) is 12.2 Å². The van der Waals surface area contributed by atoms with E-state index in [1.165, 1.54) is 6.33 Å². The maximum atomic E-state index is 8.49. The molecule has 7 heteroatoms. The topological polar surface area (TPSA) is 87.8 Å². The molecule has 4 N–H and O–H groups in total. The van der Waals surface area contributed by atoms with E-state index >= 15 is 0 Å². The summed E-state index contributed by atoms with van der Waals surface area (Å²) in [5.41, 5.74) is 5.35. The average molecular weight is 201 g/mol. The molecule has 5 nitrogen and oxygen atoms in total. The lowest BCUT2D eigenvalue weighted by Gasteiger charge is -2.00. The summed E-state index contributed by atoms with van der Waals surface area (Å²) in [6, 6.07) is -0.438. The van der Waals surface area contributed by atoms with Gasteiger partial charge in [0.2, 0.25) is 0 Å². The van der Waals surface area contributed by atoms with Crippen molar-refractivity contribution in [3.63, 3.8) is 0 Å². The Hall–Kier alpha value is -0.360. The Kier molecular flexibility index (Phi) is 7.65. The van der Waals surface area contributed by atoms with Crippen LogP contribution in [0.1, 0.15) is 11.9 Å². The van der Waals surface area contributed by atoms with Crippen LogP contribution in [0.5, 0.6) is 0 Å². The lowest BCUT2D eigenvalue weighted by atomic mass is 10.3. The van der Waals surface area contributed by atoms with Gasteiger partial charge in [-0.05, 0) is 0 Å². The van der Waals surface area contributed by atoms with E-state index in [-0.39, 0.29) is 31.4 Å². The molecule has 0 unspecified atom stereocenters. The fraction of sp³-hybridized carbons (Fsp3) is 0.500. The van der Waals surface area contributed by atoms with Gasteiger partial charge < -0.3 is 10.8 Å². The molecule has 0 aliphatic rings. The fourth-order valence-electron chi connectivity index (χ4n) is 0.480. The Morgan fingerprint density at radius 1 is 1.64 bits per heavy atom. The second-order valence-electron chi connectivity index (χ2n) is 1.66. The predicted octanol–water partition coefficient (Wildman–Crippen LogP) is -0.360. The van der Waals surface area contributed by atoms with Gasteiger partial charge in [-0.25, -0.2) is 4.98 Å². The molecule has 0 aromatic carbocycles. The van der Waals surface area contributed by atoms with Crippen LogP contribution in [0.4, 0.5) is 0 Å². The third-order valence-electron chi connectivity index (χ3n) is 0.982. The minimum absolute atomic E-state index is 0. The summed E-state index contributed by atoms with van der Waals surface area (Å²) < 4.78 is 0. The molecule has 1 atom stereocenters. The van der Waals surface area contributed by atoms with Gasteiger partial charge in [0.05, 0.1) is 12.6 Å². The van der Waals surface area contributed by atoms with Crippen molar-refractivity contribution in [1.82, 2.24) is 15.2 Å². The molecule has 0 spiro atoms. The molecule has 1 rings (SSSR count). The van der Waals surface area contributed by atoms with E-state index < -0.39 is 6.04 Å². The van der Waals surface area contributed by atoms with Crippen LogP contribution >= 0.6 is 24.8 Å².